The number of para-hydroxylation sites is 1. The van der Waals surface area contributed by atoms with E-state index >= 15 is 0 Å². The predicted octanol–water partition coefficient (Wildman–Crippen LogP) is 1.93. The summed E-state index contributed by atoms with van der Waals surface area (Å²) < 4.78 is 0. The van der Waals surface area contributed by atoms with Gasteiger partial charge in [0.1, 0.15) is 0 Å². The second kappa shape index (κ2) is 5.47. The molecule has 0 aliphatic heterocycles. The van der Waals surface area contributed by atoms with Crippen molar-refractivity contribution in [3.63, 3.8) is 0 Å². The average molecular weight is 216 g/mol. The molecular formula is C13H16N2O. The van der Waals surface area contributed by atoms with E-state index in [1.807, 2.05) is 30.3 Å². The standard InChI is InChI=1S/C13H16N2O/c16-13(10-14-11-6-4-5-7-11)15-12-8-2-1-3-9-12/h1-5,8-9,11,14H,6-7,10H2,(H,15,16). The van der Waals surface area contributed by atoms with Gasteiger partial charge in [0.05, 0.1) is 6.54 Å². The number of rotatable bonds is 4. The van der Waals surface area contributed by atoms with Crippen molar-refractivity contribution < 1.29 is 4.79 Å². The molecular weight excluding hydrogens is 200 g/mol. The zero-order chi connectivity index (χ0) is 11.2. The third-order valence-electron chi connectivity index (χ3n) is 2.62. The summed E-state index contributed by atoms with van der Waals surface area (Å²) in [6, 6.07) is 9.94. The van der Waals surface area contributed by atoms with E-state index in [4.69, 9.17) is 0 Å². The maximum absolute atomic E-state index is 11.6. The van der Waals surface area contributed by atoms with Crippen LogP contribution < -0.4 is 10.6 Å². The molecule has 2 N–H and O–H groups in total. The Bertz CT molecular complexity index is 365. The smallest absolute Gasteiger partial charge is 0.238 e. The zero-order valence-corrected chi connectivity index (χ0v) is 9.15. The monoisotopic (exact) mass is 216 g/mol. The summed E-state index contributed by atoms with van der Waals surface area (Å²) in [5.74, 6) is 0.0121. The van der Waals surface area contributed by atoms with Crippen LogP contribution in [-0.2, 0) is 4.79 Å². The van der Waals surface area contributed by atoms with Crippen molar-refractivity contribution in [3.05, 3.63) is 42.5 Å². The number of hydrogen-bond donors (Lipinski definition) is 2. The van der Waals surface area contributed by atoms with E-state index in [9.17, 15) is 4.79 Å². The molecule has 0 atom stereocenters. The summed E-state index contributed by atoms with van der Waals surface area (Å²) in [5.41, 5.74) is 0.846. The van der Waals surface area contributed by atoms with Crippen LogP contribution in [0.3, 0.4) is 0 Å². The largest absolute Gasteiger partial charge is 0.325 e. The van der Waals surface area contributed by atoms with Gasteiger partial charge in [-0.25, -0.2) is 0 Å². The highest BCUT2D eigenvalue weighted by molar-refractivity contribution is 5.92. The fraction of sp³-hybridized carbons (Fsp3) is 0.308. The first-order chi connectivity index (χ1) is 7.84. The summed E-state index contributed by atoms with van der Waals surface area (Å²) in [7, 11) is 0. The predicted molar refractivity (Wildman–Crippen MR) is 65.2 cm³/mol. The zero-order valence-electron chi connectivity index (χ0n) is 9.15. The molecule has 1 amide bonds. The Morgan fingerprint density at radius 3 is 2.56 bits per heavy atom. The van der Waals surface area contributed by atoms with Gasteiger partial charge in [-0.3, -0.25) is 4.79 Å². The van der Waals surface area contributed by atoms with Crippen LogP contribution in [0.2, 0.25) is 0 Å². The molecule has 16 heavy (non-hydrogen) atoms. The first-order valence-corrected chi connectivity index (χ1v) is 5.58. The van der Waals surface area contributed by atoms with Crippen LogP contribution in [0.5, 0.6) is 0 Å². The molecule has 3 heteroatoms. The molecule has 0 radical (unpaired) electrons. The SMILES string of the molecule is O=C(CNC1CC=CC1)Nc1ccccc1. The van der Waals surface area contributed by atoms with Crippen LogP contribution in [0.1, 0.15) is 12.8 Å². The van der Waals surface area contributed by atoms with Crippen LogP contribution >= 0.6 is 0 Å². The van der Waals surface area contributed by atoms with Gasteiger partial charge in [0.15, 0.2) is 0 Å². The molecule has 3 nitrogen and oxygen atoms in total. The van der Waals surface area contributed by atoms with Crippen molar-refractivity contribution in [2.24, 2.45) is 0 Å². The molecule has 0 saturated carbocycles. The Labute approximate surface area is 95.6 Å². The molecule has 1 aromatic carbocycles. The van der Waals surface area contributed by atoms with Gasteiger partial charge >= 0.3 is 0 Å². The van der Waals surface area contributed by atoms with Crippen LogP contribution in [0.25, 0.3) is 0 Å². The molecule has 1 aliphatic carbocycles. The van der Waals surface area contributed by atoms with Crippen LogP contribution in [0.4, 0.5) is 5.69 Å². The quantitative estimate of drug-likeness (QED) is 0.755. The van der Waals surface area contributed by atoms with E-state index in [0.717, 1.165) is 18.5 Å². The second-order valence-corrected chi connectivity index (χ2v) is 3.93. The van der Waals surface area contributed by atoms with Crippen LogP contribution in [0.15, 0.2) is 42.5 Å². The van der Waals surface area contributed by atoms with Gasteiger partial charge in [-0.2, -0.15) is 0 Å². The van der Waals surface area contributed by atoms with Crippen molar-refractivity contribution in [1.82, 2.24) is 5.32 Å². The number of carbonyl (C=O) groups is 1. The summed E-state index contributed by atoms with van der Waals surface area (Å²) in [6.45, 7) is 0.376. The number of carbonyl (C=O) groups excluding carboxylic acids is 1. The maximum Gasteiger partial charge on any atom is 0.238 e. The van der Waals surface area contributed by atoms with Gasteiger partial charge in [-0.1, -0.05) is 30.4 Å². The lowest BCUT2D eigenvalue weighted by Crippen LogP contribution is -2.34. The summed E-state index contributed by atoms with van der Waals surface area (Å²) in [5, 5.41) is 6.07. The van der Waals surface area contributed by atoms with E-state index in [2.05, 4.69) is 22.8 Å². The molecule has 0 bridgehead atoms. The van der Waals surface area contributed by atoms with E-state index in [0.29, 0.717) is 12.6 Å². The first kappa shape index (κ1) is 10.9. The normalized spacial score (nSPS) is 15.2. The Morgan fingerprint density at radius 1 is 1.19 bits per heavy atom. The van der Waals surface area contributed by atoms with Crippen molar-refractivity contribution in [3.8, 4) is 0 Å². The van der Waals surface area contributed by atoms with Crippen molar-refractivity contribution in [2.45, 2.75) is 18.9 Å². The van der Waals surface area contributed by atoms with Crippen molar-refractivity contribution >= 4 is 11.6 Å². The minimum absolute atomic E-state index is 0.0121. The molecule has 0 heterocycles. The Kier molecular flexibility index (Phi) is 3.72. The number of amides is 1. The Balaban J connectivity index is 1.72. The minimum Gasteiger partial charge on any atom is -0.325 e. The van der Waals surface area contributed by atoms with Crippen molar-refractivity contribution in [2.75, 3.05) is 11.9 Å². The summed E-state index contributed by atoms with van der Waals surface area (Å²) >= 11 is 0. The summed E-state index contributed by atoms with van der Waals surface area (Å²) in [6.07, 6.45) is 6.34. The number of hydrogen-bond acceptors (Lipinski definition) is 2. The van der Waals surface area contributed by atoms with Crippen LogP contribution in [-0.4, -0.2) is 18.5 Å². The highest BCUT2D eigenvalue weighted by Gasteiger charge is 2.10. The fourth-order valence-corrected chi connectivity index (χ4v) is 1.75. The minimum atomic E-state index is 0.0121. The highest BCUT2D eigenvalue weighted by atomic mass is 16.1. The number of benzene rings is 1. The molecule has 0 aromatic heterocycles. The lowest BCUT2D eigenvalue weighted by molar-refractivity contribution is -0.115. The van der Waals surface area contributed by atoms with E-state index in [-0.39, 0.29) is 5.91 Å². The van der Waals surface area contributed by atoms with E-state index in [1.165, 1.54) is 0 Å². The molecule has 2 rings (SSSR count). The van der Waals surface area contributed by atoms with Gasteiger partial charge in [-0.05, 0) is 25.0 Å². The molecule has 0 saturated heterocycles. The third-order valence-corrected chi connectivity index (χ3v) is 2.62. The molecule has 84 valence electrons. The summed E-state index contributed by atoms with van der Waals surface area (Å²) in [4.78, 5) is 11.6. The second-order valence-electron chi connectivity index (χ2n) is 3.93. The van der Waals surface area contributed by atoms with E-state index in [1.54, 1.807) is 0 Å². The van der Waals surface area contributed by atoms with Gasteiger partial charge < -0.3 is 10.6 Å². The average Bonchev–Trinajstić information content (AvgIpc) is 2.81. The number of nitrogens with one attached hydrogen (secondary N) is 2. The lowest BCUT2D eigenvalue weighted by atomic mass is 10.2. The third kappa shape index (κ3) is 3.21. The Morgan fingerprint density at radius 2 is 1.88 bits per heavy atom. The van der Waals surface area contributed by atoms with E-state index < -0.39 is 0 Å². The van der Waals surface area contributed by atoms with Gasteiger partial charge in [0.2, 0.25) is 5.91 Å². The molecule has 0 unspecified atom stereocenters. The Hall–Kier alpha value is -1.61. The topological polar surface area (TPSA) is 41.1 Å². The molecule has 1 aliphatic rings. The molecule has 0 spiro atoms. The van der Waals surface area contributed by atoms with Gasteiger partial charge in [0.25, 0.3) is 0 Å². The lowest BCUT2D eigenvalue weighted by Gasteiger charge is -2.11. The van der Waals surface area contributed by atoms with Crippen LogP contribution in [0, 0.1) is 0 Å². The molecule has 0 fully saturated rings. The van der Waals surface area contributed by atoms with Gasteiger partial charge in [0, 0.05) is 11.7 Å². The molecule has 1 aromatic rings. The first-order valence-electron chi connectivity index (χ1n) is 5.58. The van der Waals surface area contributed by atoms with Crippen molar-refractivity contribution in [1.29, 1.82) is 0 Å². The number of anilines is 1. The van der Waals surface area contributed by atoms with Gasteiger partial charge in [-0.15, -0.1) is 0 Å². The highest BCUT2D eigenvalue weighted by Crippen LogP contribution is 2.09. The fourth-order valence-electron chi connectivity index (χ4n) is 1.75. The maximum atomic E-state index is 11.6.